The molecule has 0 radical (unpaired) electrons. The number of amides is 1. The zero-order valence-electron chi connectivity index (χ0n) is 11.0. The van der Waals surface area contributed by atoms with Gasteiger partial charge < -0.3 is 9.88 Å². The molecule has 0 unspecified atom stereocenters. The number of nitriles is 1. The smallest absolute Gasteiger partial charge is 0.256 e. The molecule has 0 aliphatic carbocycles. The molecule has 1 aliphatic rings. The van der Waals surface area contributed by atoms with Gasteiger partial charge in [0.05, 0.1) is 11.6 Å². The average Bonchev–Trinajstić information content (AvgIpc) is 2.94. The van der Waals surface area contributed by atoms with Crippen LogP contribution in [0.25, 0.3) is 0 Å². The van der Waals surface area contributed by atoms with Gasteiger partial charge in [-0.15, -0.1) is 0 Å². The highest BCUT2D eigenvalue weighted by Crippen LogP contribution is 2.21. The Hall–Kier alpha value is -2.09. The lowest BCUT2D eigenvalue weighted by molar-refractivity contribution is -0.124. The maximum absolute atomic E-state index is 12.4. The highest BCUT2D eigenvalue weighted by atomic mass is 16.2. The molecule has 1 aromatic rings. The van der Waals surface area contributed by atoms with E-state index in [1.807, 2.05) is 13.0 Å². The second-order valence-electron chi connectivity index (χ2n) is 4.74. The number of H-pyrrole nitrogens is 1. The van der Waals surface area contributed by atoms with Gasteiger partial charge >= 0.3 is 0 Å². The third kappa shape index (κ3) is 2.68. The third-order valence-corrected chi connectivity index (χ3v) is 3.53. The number of Topliss-reactive ketones (excluding diaryl/α,β-unsaturated/α-hetero) is 1. The van der Waals surface area contributed by atoms with Crippen molar-refractivity contribution in [3.05, 3.63) is 23.5 Å². The van der Waals surface area contributed by atoms with Crippen molar-refractivity contribution in [1.29, 1.82) is 5.26 Å². The highest BCUT2D eigenvalue weighted by Gasteiger charge is 2.31. The summed E-state index contributed by atoms with van der Waals surface area (Å²) in [5.74, 6) is -0.0478. The van der Waals surface area contributed by atoms with Gasteiger partial charge in [0.2, 0.25) is 0 Å². The molecule has 100 valence electrons. The average molecular weight is 259 g/mol. The predicted octanol–water partition coefficient (Wildman–Crippen LogP) is 1.86. The number of piperidine rings is 1. The number of ketones is 1. The van der Waals surface area contributed by atoms with E-state index in [1.54, 1.807) is 4.90 Å². The molecule has 1 amide bonds. The quantitative estimate of drug-likeness (QED) is 0.900. The van der Waals surface area contributed by atoms with E-state index in [-0.39, 0.29) is 17.7 Å². The molecule has 1 aliphatic heterocycles. The van der Waals surface area contributed by atoms with Crippen molar-refractivity contribution in [2.45, 2.75) is 38.6 Å². The number of carbonyl (C=O) groups is 2. The Bertz CT molecular complexity index is 527. The second-order valence-corrected chi connectivity index (χ2v) is 4.74. The minimum Gasteiger partial charge on any atom is -0.352 e. The summed E-state index contributed by atoms with van der Waals surface area (Å²) in [6, 6.07) is 3.19. The number of aromatic amines is 1. The zero-order chi connectivity index (χ0) is 13.8. The maximum Gasteiger partial charge on any atom is 0.256 e. The Labute approximate surface area is 112 Å². The van der Waals surface area contributed by atoms with Crippen LogP contribution in [0.3, 0.4) is 0 Å². The molecule has 19 heavy (non-hydrogen) atoms. The molecule has 0 aromatic carbocycles. The van der Waals surface area contributed by atoms with Crippen LogP contribution in [0.15, 0.2) is 12.3 Å². The summed E-state index contributed by atoms with van der Waals surface area (Å²) in [6.45, 7) is 2.44. The fourth-order valence-corrected chi connectivity index (χ4v) is 2.49. The van der Waals surface area contributed by atoms with Crippen LogP contribution in [0.5, 0.6) is 0 Å². The number of rotatable bonds is 3. The molecular weight excluding hydrogens is 242 g/mol. The normalized spacial score (nSPS) is 18.9. The van der Waals surface area contributed by atoms with Crippen LogP contribution < -0.4 is 0 Å². The fraction of sp³-hybridized carbons (Fsp3) is 0.500. The number of carbonyl (C=O) groups excluding carboxylic acids is 2. The number of hydrogen-bond donors (Lipinski definition) is 1. The Morgan fingerprint density at radius 3 is 2.95 bits per heavy atom. The molecule has 1 aromatic heterocycles. The van der Waals surface area contributed by atoms with Crippen molar-refractivity contribution in [1.82, 2.24) is 9.88 Å². The summed E-state index contributed by atoms with van der Waals surface area (Å²) in [7, 11) is 0. The first-order chi connectivity index (χ1) is 9.17. The number of nitrogens with zero attached hydrogens (tertiary/aromatic N) is 2. The lowest BCUT2D eigenvalue weighted by atomic mass is 9.96. The summed E-state index contributed by atoms with van der Waals surface area (Å²) in [6.07, 6.45) is 4.63. The molecule has 1 N–H and O–H groups in total. The first-order valence-electron chi connectivity index (χ1n) is 6.59. The van der Waals surface area contributed by atoms with Crippen molar-refractivity contribution in [3.8, 4) is 6.07 Å². The number of likely N-dealkylation sites (tertiary alicyclic amines) is 1. The summed E-state index contributed by atoms with van der Waals surface area (Å²) in [4.78, 5) is 28.7. The Kier molecular flexibility index (Phi) is 4.00. The van der Waals surface area contributed by atoms with Gasteiger partial charge in [0.15, 0.2) is 5.78 Å². The summed E-state index contributed by atoms with van der Waals surface area (Å²) >= 11 is 0. The van der Waals surface area contributed by atoms with E-state index in [0.717, 1.165) is 19.3 Å². The molecule has 1 saturated heterocycles. The molecule has 5 nitrogen and oxygen atoms in total. The molecule has 2 heterocycles. The van der Waals surface area contributed by atoms with Crippen molar-refractivity contribution in [3.63, 3.8) is 0 Å². The van der Waals surface area contributed by atoms with Crippen LogP contribution in [0.4, 0.5) is 0 Å². The van der Waals surface area contributed by atoms with Gasteiger partial charge in [-0.3, -0.25) is 9.59 Å². The molecule has 2 rings (SSSR count). The van der Waals surface area contributed by atoms with E-state index in [2.05, 4.69) is 4.98 Å². The third-order valence-electron chi connectivity index (χ3n) is 3.53. The lowest BCUT2D eigenvalue weighted by Gasteiger charge is -2.34. The van der Waals surface area contributed by atoms with E-state index in [4.69, 9.17) is 5.26 Å². The summed E-state index contributed by atoms with van der Waals surface area (Å²) < 4.78 is 0. The molecule has 1 fully saturated rings. The fourth-order valence-electron chi connectivity index (χ4n) is 2.49. The molecule has 0 bridgehead atoms. The van der Waals surface area contributed by atoms with Gasteiger partial charge in [-0.25, -0.2) is 0 Å². The monoisotopic (exact) mass is 259 g/mol. The molecule has 5 heteroatoms. The Morgan fingerprint density at radius 2 is 2.32 bits per heavy atom. The van der Waals surface area contributed by atoms with Crippen LogP contribution in [0.1, 0.15) is 48.7 Å². The summed E-state index contributed by atoms with van der Waals surface area (Å²) in [5, 5.41) is 8.76. The van der Waals surface area contributed by atoms with E-state index in [0.29, 0.717) is 24.2 Å². The van der Waals surface area contributed by atoms with E-state index < -0.39 is 0 Å². The van der Waals surface area contributed by atoms with Crippen molar-refractivity contribution in [2.75, 3.05) is 6.54 Å². The molecule has 0 spiro atoms. The van der Waals surface area contributed by atoms with Crippen LogP contribution in [0.2, 0.25) is 0 Å². The Balaban J connectivity index is 2.20. The van der Waals surface area contributed by atoms with Crippen molar-refractivity contribution >= 4 is 11.7 Å². The summed E-state index contributed by atoms with van der Waals surface area (Å²) in [5.41, 5.74) is 0.811. The minimum atomic E-state index is -0.299. The highest BCUT2D eigenvalue weighted by molar-refractivity contribution is 5.98. The van der Waals surface area contributed by atoms with Gasteiger partial charge in [0.1, 0.15) is 11.8 Å². The lowest BCUT2D eigenvalue weighted by Crippen LogP contribution is -2.47. The van der Waals surface area contributed by atoms with E-state index >= 15 is 0 Å². The van der Waals surface area contributed by atoms with Crippen LogP contribution in [-0.4, -0.2) is 34.2 Å². The van der Waals surface area contributed by atoms with Gasteiger partial charge in [0.25, 0.3) is 5.91 Å². The second kappa shape index (κ2) is 5.70. The van der Waals surface area contributed by atoms with Gasteiger partial charge in [0, 0.05) is 19.2 Å². The minimum absolute atomic E-state index is 0.115. The van der Waals surface area contributed by atoms with E-state index in [9.17, 15) is 9.59 Å². The van der Waals surface area contributed by atoms with Crippen molar-refractivity contribution in [2.24, 2.45) is 0 Å². The standard InChI is InChI=1S/C14H17N3O2/c1-2-13(18)12-5-3-4-6-17(12)14(19)10-7-11(8-15)16-9-10/h7,9,12,16H,2-6H2,1H3/t12-/m1/s1. The predicted molar refractivity (Wildman–Crippen MR) is 69.5 cm³/mol. The number of aromatic nitrogens is 1. The van der Waals surface area contributed by atoms with Gasteiger partial charge in [-0.05, 0) is 25.3 Å². The number of hydrogen-bond acceptors (Lipinski definition) is 3. The largest absolute Gasteiger partial charge is 0.352 e. The van der Waals surface area contributed by atoms with E-state index in [1.165, 1.54) is 12.3 Å². The Morgan fingerprint density at radius 1 is 1.53 bits per heavy atom. The van der Waals surface area contributed by atoms with Crippen LogP contribution in [0, 0.1) is 11.3 Å². The number of nitrogens with one attached hydrogen (secondary N) is 1. The topological polar surface area (TPSA) is 77.0 Å². The van der Waals surface area contributed by atoms with Gasteiger partial charge in [-0.1, -0.05) is 6.92 Å². The first-order valence-corrected chi connectivity index (χ1v) is 6.59. The van der Waals surface area contributed by atoms with Gasteiger partial charge in [-0.2, -0.15) is 5.26 Å². The van der Waals surface area contributed by atoms with Crippen LogP contribution in [-0.2, 0) is 4.79 Å². The van der Waals surface area contributed by atoms with Crippen molar-refractivity contribution < 1.29 is 9.59 Å². The first kappa shape index (κ1) is 13.3. The molecular formula is C14H17N3O2. The zero-order valence-corrected chi connectivity index (χ0v) is 11.0. The van der Waals surface area contributed by atoms with Crippen LogP contribution >= 0.6 is 0 Å². The SMILES string of the molecule is CCC(=O)[C@H]1CCCCN1C(=O)c1c[nH]c(C#N)c1. The maximum atomic E-state index is 12.4. The molecule has 1 atom stereocenters. The molecule has 0 saturated carbocycles.